The van der Waals surface area contributed by atoms with Crippen molar-refractivity contribution < 1.29 is 13.2 Å². The third-order valence-corrected chi connectivity index (χ3v) is 5.47. The van der Waals surface area contributed by atoms with E-state index in [1.165, 1.54) is 0 Å². The number of nitrogens with zero attached hydrogens (tertiary/aromatic N) is 3. The van der Waals surface area contributed by atoms with Crippen molar-refractivity contribution in [2.45, 2.75) is 6.54 Å². The topological polar surface area (TPSA) is 75.9 Å². The lowest BCUT2D eigenvalue weighted by atomic mass is 10.1. The number of hydrogen-bond donors (Lipinski definition) is 1. The number of benzene rings is 1. The van der Waals surface area contributed by atoms with Gasteiger partial charge in [0.05, 0.1) is 36.5 Å². The molecule has 0 aliphatic carbocycles. The average Bonchev–Trinajstić information content (AvgIpc) is 3.00. The minimum atomic E-state index is -3.36. The second-order valence-electron chi connectivity index (χ2n) is 6.82. The van der Waals surface area contributed by atoms with E-state index >= 15 is 0 Å². The molecule has 0 saturated carbocycles. The van der Waals surface area contributed by atoms with Gasteiger partial charge in [-0.25, -0.2) is 13.4 Å². The highest BCUT2D eigenvalue weighted by molar-refractivity contribution is 7.92. The molecule has 0 bridgehead atoms. The van der Waals surface area contributed by atoms with Crippen molar-refractivity contribution in [3.05, 3.63) is 53.3 Å². The molecule has 7 nitrogen and oxygen atoms in total. The average molecular weight is 421 g/mol. The van der Waals surface area contributed by atoms with Gasteiger partial charge >= 0.3 is 0 Å². The zero-order chi connectivity index (χ0) is 19.7. The predicted octanol–water partition coefficient (Wildman–Crippen LogP) is 2.86. The number of imidazole rings is 1. The number of sulfonamides is 1. The molecule has 1 fully saturated rings. The van der Waals surface area contributed by atoms with Crippen LogP contribution in [0.3, 0.4) is 0 Å². The summed E-state index contributed by atoms with van der Waals surface area (Å²) < 4.78 is 33.2. The van der Waals surface area contributed by atoms with Crippen LogP contribution < -0.4 is 4.72 Å². The number of aromatic nitrogens is 2. The molecule has 1 N–H and O–H groups in total. The molecule has 3 heterocycles. The first kappa shape index (κ1) is 19.2. The van der Waals surface area contributed by atoms with Gasteiger partial charge in [0, 0.05) is 36.4 Å². The summed E-state index contributed by atoms with van der Waals surface area (Å²) >= 11 is 6.04. The fourth-order valence-electron chi connectivity index (χ4n) is 3.33. The van der Waals surface area contributed by atoms with Gasteiger partial charge in [-0.15, -0.1) is 0 Å². The summed E-state index contributed by atoms with van der Waals surface area (Å²) in [7, 11) is -3.36. The van der Waals surface area contributed by atoms with Crippen LogP contribution in [0.2, 0.25) is 5.02 Å². The number of fused-ring (bicyclic) bond motifs is 1. The van der Waals surface area contributed by atoms with E-state index in [4.69, 9.17) is 21.3 Å². The van der Waals surface area contributed by atoms with Crippen molar-refractivity contribution in [2.24, 2.45) is 0 Å². The minimum Gasteiger partial charge on any atom is -0.379 e. The van der Waals surface area contributed by atoms with Gasteiger partial charge in [-0.1, -0.05) is 23.7 Å². The Hall–Kier alpha value is -2.13. The molecule has 0 spiro atoms. The van der Waals surface area contributed by atoms with Gasteiger partial charge in [0.1, 0.15) is 5.65 Å². The van der Waals surface area contributed by atoms with Crippen LogP contribution in [-0.2, 0) is 21.3 Å². The van der Waals surface area contributed by atoms with E-state index < -0.39 is 10.0 Å². The molecular weight excluding hydrogens is 400 g/mol. The molecule has 4 rings (SSSR count). The van der Waals surface area contributed by atoms with Gasteiger partial charge in [-0.05, 0) is 24.3 Å². The molecule has 1 aliphatic heterocycles. The normalized spacial score (nSPS) is 15.8. The number of ether oxygens (including phenoxy) is 1. The predicted molar refractivity (Wildman–Crippen MR) is 110 cm³/mol. The van der Waals surface area contributed by atoms with Crippen molar-refractivity contribution in [1.82, 2.24) is 14.3 Å². The van der Waals surface area contributed by atoms with Crippen LogP contribution in [0.5, 0.6) is 0 Å². The third-order valence-electron chi connectivity index (χ3n) is 4.62. The molecule has 2 aromatic heterocycles. The van der Waals surface area contributed by atoms with Crippen LogP contribution in [0.1, 0.15) is 5.69 Å². The lowest BCUT2D eigenvalue weighted by Gasteiger charge is -2.26. The fraction of sp³-hybridized carbons (Fsp3) is 0.316. The molecule has 0 radical (unpaired) electrons. The second-order valence-corrected chi connectivity index (χ2v) is 9.01. The molecule has 0 amide bonds. The molecule has 148 valence electrons. The van der Waals surface area contributed by atoms with Crippen LogP contribution in [-0.4, -0.2) is 55.3 Å². The molecule has 1 aromatic carbocycles. The number of pyridine rings is 1. The monoisotopic (exact) mass is 420 g/mol. The number of morpholine rings is 1. The van der Waals surface area contributed by atoms with Gasteiger partial charge < -0.3 is 4.74 Å². The van der Waals surface area contributed by atoms with E-state index in [1.807, 2.05) is 34.7 Å². The summed E-state index contributed by atoms with van der Waals surface area (Å²) in [6, 6.07) is 11.1. The summed E-state index contributed by atoms with van der Waals surface area (Å²) in [4.78, 5) is 7.11. The Morgan fingerprint density at radius 2 is 1.86 bits per heavy atom. The van der Waals surface area contributed by atoms with Crippen LogP contribution >= 0.6 is 11.6 Å². The van der Waals surface area contributed by atoms with Crippen molar-refractivity contribution >= 4 is 33.0 Å². The Labute approximate surface area is 168 Å². The van der Waals surface area contributed by atoms with Crippen LogP contribution in [0, 0.1) is 0 Å². The van der Waals surface area contributed by atoms with E-state index in [2.05, 4.69) is 9.62 Å². The summed E-state index contributed by atoms with van der Waals surface area (Å²) in [5.74, 6) is 0. The molecule has 0 unspecified atom stereocenters. The third kappa shape index (κ3) is 4.30. The first-order chi connectivity index (χ1) is 13.4. The number of rotatable bonds is 5. The Morgan fingerprint density at radius 3 is 2.54 bits per heavy atom. The molecule has 9 heteroatoms. The summed E-state index contributed by atoms with van der Waals surface area (Å²) in [5, 5.41) is 0.668. The van der Waals surface area contributed by atoms with Gasteiger partial charge in [0.25, 0.3) is 0 Å². The maximum absolute atomic E-state index is 11.6. The molecule has 0 atom stereocenters. The number of nitrogens with one attached hydrogen (secondary N) is 1. The zero-order valence-corrected chi connectivity index (χ0v) is 17.0. The maximum atomic E-state index is 11.6. The van der Waals surface area contributed by atoms with Gasteiger partial charge in [-0.2, -0.15) is 0 Å². The van der Waals surface area contributed by atoms with Crippen LogP contribution in [0.15, 0.2) is 42.6 Å². The summed E-state index contributed by atoms with van der Waals surface area (Å²) in [6.45, 7) is 3.77. The minimum absolute atomic E-state index is 0.498. The first-order valence-electron chi connectivity index (χ1n) is 8.94. The molecule has 3 aromatic rings. The maximum Gasteiger partial charge on any atom is 0.229 e. The van der Waals surface area contributed by atoms with Gasteiger partial charge in [-0.3, -0.25) is 14.0 Å². The smallest absolute Gasteiger partial charge is 0.229 e. The molecule has 1 saturated heterocycles. The van der Waals surface area contributed by atoms with Crippen molar-refractivity contribution in [2.75, 3.05) is 37.3 Å². The molecule has 1 aliphatic rings. The van der Waals surface area contributed by atoms with Crippen molar-refractivity contribution in [1.29, 1.82) is 0 Å². The van der Waals surface area contributed by atoms with Gasteiger partial charge in [0.15, 0.2) is 0 Å². The first-order valence-corrected chi connectivity index (χ1v) is 11.2. The highest BCUT2D eigenvalue weighted by atomic mass is 35.5. The second kappa shape index (κ2) is 7.71. The molecular formula is C19H21ClN4O3S. The Bertz CT molecular complexity index is 1090. The van der Waals surface area contributed by atoms with E-state index in [1.54, 1.807) is 12.3 Å². The fourth-order valence-corrected chi connectivity index (χ4v) is 4.00. The summed E-state index contributed by atoms with van der Waals surface area (Å²) in [6.07, 6.45) is 2.91. The molecule has 28 heavy (non-hydrogen) atoms. The lowest BCUT2D eigenvalue weighted by Crippen LogP contribution is -2.36. The Kier molecular flexibility index (Phi) is 5.29. The SMILES string of the molecule is CS(=O)(=O)Nc1ccc2nc(-c3ccc(Cl)cc3)c(CN3CCOCC3)n2c1. The van der Waals surface area contributed by atoms with Crippen LogP contribution in [0.25, 0.3) is 16.9 Å². The Morgan fingerprint density at radius 1 is 1.14 bits per heavy atom. The van der Waals surface area contributed by atoms with Gasteiger partial charge in [0.2, 0.25) is 10.0 Å². The number of anilines is 1. The zero-order valence-electron chi connectivity index (χ0n) is 15.4. The highest BCUT2D eigenvalue weighted by Crippen LogP contribution is 2.28. The quantitative estimate of drug-likeness (QED) is 0.686. The number of halogens is 1. The lowest BCUT2D eigenvalue weighted by molar-refractivity contribution is 0.0336. The van der Waals surface area contributed by atoms with E-state index in [9.17, 15) is 8.42 Å². The van der Waals surface area contributed by atoms with Crippen molar-refractivity contribution in [3.63, 3.8) is 0 Å². The van der Waals surface area contributed by atoms with E-state index in [-0.39, 0.29) is 0 Å². The van der Waals surface area contributed by atoms with Crippen molar-refractivity contribution in [3.8, 4) is 11.3 Å². The number of hydrogen-bond acceptors (Lipinski definition) is 5. The van der Waals surface area contributed by atoms with E-state index in [0.29, 0.717) is 30.5 Å². The van der Waals surface area contributed by atoms with Crippen LogP contribution in [0.4, 0.5) is 5.69 Å². The Balaban J connectivity index is 1.81. The van der Waals surface area contributed by atoms with E-state index in [0.717, 1.165) is 41.9 Å². The highest BCUT2D eigenvalue weighted by Gasteiger charge is 2.19. The summed E-state index contributed by atoms with van der Waals surface area (Å²) in [5.41, 5.74) is 4.08. The largest absolute Gasteiger partial charge is 0.379 e. The standard InChI is InChI=1S/C19H21ClN4O3S/c1-28(25,26)22-16-6-7-18-21-19(14-2-4-15(20)5-3-14)17(24(18)12-16)13-23-8-10-27-11-9-23/h2-7,12,22H,8-11,13H2,1H3.